The normalized spacial score (nSPS) is 10.1. The highest BCUT2D eigenvalue weighted by atomic mass is 32.1. The molecule has 0 aliphatic carbocycles. The first kappa shape index (κ1) is 14.9. The molecule has 0 atom stereocenters. The minimum absolute atomic E-state index is 0.407. The Bertz CT molecular complexity index is 895. The van der Waals surface area contributed by atoms with Gasteiger partial charge in [-0.15, -0.1) is 0 Å². The largest absolute Gasteiger partial charge is 0.465 e. The van der Waals surface area contributed by atoms with E-state index in [4.69, 9.17) is 0 Å². The molecule has 23 heavy (non-hydrogen) atoms. The van der Waals surface area contributed by atoms with Crippen LogP contribution in [-0.4, -0.2) is 17.5 Å². The zero-order valence-corrected chi connectivity index (χ0v) is 13.1. The van der Waals surface area contributed by atoms with E-state index in [9.17, 15) is 10.1 Å². The lowest BCUT2D eigenvalue weighted by molar-refractivity contribution is 0.0606. The van der Waals surface area contributed by atoms with Gasteiger partial charge < -0.3 is 4.74 Å². The van der Waals surface area contributed by atoms with Gasteiger partial charge in [-0.3, -0.25) is 0 Å². The van der Waals surface area contributed by atoms with Crippen molar-refractivity contribution in [2.45, 2.75) is 0 Å². The third-order valence-corrected chi connectivity index (χ3v) is 4.19. The zero-order chi connectivity index (χ0) is 16.2. The van der Waals surface area contributed by atoms with E-state index in [-0.39, 0.29) is 0 Å². The van der Waals surface area contributed by atoms with Gasteiger partial charge in [0.1, 0.15) is 4.88 Å². The number of rotatable bonds is 3. The van der Waals surface area contributed by atoms with Crippen molar-refractivity contribution in [3.05, 3.63) is 65.0 Å². The molecule has 0 unspecified atom stereocenters. The zero-order valence-electron chi connectivity index (χ0n) is 12.3. The Kier molecular flexibility index (Phi) is 4.18. The van der Waals surface area contributed by atoms with Crippen molar-refractivity contribution >= 4 is 17.5 Å². The molecule has 0 saturated heterocycles. The number of benzene rings is 2. The van der Waals surface area contributed by atoms with Crippen LogP contribution in [0.25, 0.3) is 22.4 Å². The maximum atomic E-state index is 11.5. The molecule has 0 aliphatic heterocycles. The van der Waals surface area contributed by atoms with Crippen LogP contribution in [0.15, 0.2) is 54.6 Å². The maximum Gasteiger partial charge on any atom is 0.349 e. The summed E-state index contributed by atoms with van der Waals surface area (Å²) in [7, 11) is 1.34. The molecule has 0 N–H and O–H groups in total. The van der Waals surface area contributed by atoms with Gasteiger partial charge in [0.25, 0.3) is 0 Å². The van der Waals surface area contributed by atoms with Gasteiger partial charge in [0.2, 0.25) is 0 Å². The molecule has 0 fully saturated rings. The summed E-state index contributed by atoms with van der Waals surface area (Å²) in [6.45, 7) is 0. The molecule has 1 heterocycles. The smallest absolute Gasteiger partial charge is 0.349 e. The number of hydrogen-bond donors (Lipinski definition) is 0. The fraction of sp³-hybridized carbons (Fsp3) is 0.0556. The van der Waals surface area contributed by atoms with Gasteiger partial charge in [0, 0.05) is 5.56 Å². The highest BCUT2D eigenvalue weighted by Gasteiger charge is 2.13. The van der Waals surface area contributed by atoms with Gasteiger partial charge in [0.15, 0.2) is 0 Å². The van der Waals surface area contributed by atoms with Crippen molar-refractivity contribution in [1.82, 2.24) is 4.37 Å². The van der Waals surface area contributed by atoms with Crippen molar-refractivity contribution in [2.24, 2.45) is 0 Å². The fourth-order valence-corrected chi connectivity index (χ4v) is 2.95. The van der Waals surface area contributed by atoms with Crippen molar-refractivity contribution in [1.29, 1.82) is 5.26 Å². The molecule has 0 aliphatic rings. The SMILES string of the molecule is COC(=O)c1cc(-c2ccc(-c3ccccc3)c(C#N)c2)ns1. The molecule has 0 spiro atoms. The Labute approximate surface area is 137 Å². The lowest BCUT2D eigenvalue weighted by atomic mass is 9.97. The van der Waals surface area contributed by atoms with Crippen molar-refractivity contribution < 1.29 is 9.53 Å². The van der Waals surface area contributed by atoms with Crippen LogP contribution in [-0.2, 0) is 4.74 Å². The summed E-state index contributed by atoms with van der Waals surface area (Å²) in [6.07, 6.45) is 0. The van der Waals surface area contributed by atoms with Gasteiger partial charge >= 0.3 is 5.97 Å². The van der Waals surface area contributed by atoms with Gasteiger partial charge in [-0.1, -0.05) is 42.5 Å². The van der Waals surface area contributed by atoms with E-state index < -0.39 is 5.97 Å². The summed E-state index contributed by atoms with van der Waals surface area (Å²) in [5.41, 5.74) is 3.89. The number of hydrogen-bond acceptors (Lipinski definition) is 5. The highest BCUT2D eigenvalue weighted by Crippen LogP contribution is 2.29. The first-order chi connectivity index (χ1) is 11.2. The average Bonchev–Trinajstić information content (AvgIpc) is 3.11. The van der Waals surface area contributed by atoms with E-state index in [1.165, 1.54) is 7.11 Å². The number of carbonyl (C=O) groups is 1. The minimum atomic E-state index is -0.407. The van der Waals surface area contributed by atoms with Gasteiger partial charge in [0.05, 0.1) is 24.4 Å². The van der Waals surface area contributed by atoms with E-state index in [1.54, 1.807) is 12.1 Å². The Morgan fingerprint density at radius 3 is 2.61 bits per heavy atom. The molecule has 5 heteroatoms. The summed E-state index contributed by atoms with van der Waals surface area (Å²) in [5, 5.41) is 9.44. The van der Waals surface area contributed by atoms with Crippen LogP contribution in [0.2, 0.25) is 0 Å². The lowest BCUT2D eigenvalue weighted by Gasteiger charge is -2.06. The summed E-state index contributed by atoms with van der Waals surface area (Å²) >= 11 is 1.08. The molecule has 0 bridgehead atoms. The van der Waals surface area contributed by atoms with Gasteiger partial charge in [-0.25, -0.2) is 4.79 Å². The maximum absolute atomic E-state index is 11.5. The number of ether oxygens (including phenoxy) is 1. The molecule has 0 saturated carbocycles. The quantitative estimate of drug-likeness (QED) is 0.681. The molecule has 3 rings (SSSR count). The molecule has 0 amide bonds. The summed E-state index contributed by atoms with van der Waals surface area (Å²) in [6, 6.07) is 19.2. The summed E-state index contributed by atoms with van der Waals surface area (Å²) < 4.78 is 8.95. The Morgan fingerprint density at radius 2 is 1.91 bits per heavy atom. The first-order valence-electron chi connectivity index (χ1n) is 6.88. The van der Waals surface area contributed by atoms with Crippen LogP contribution in [0.5, 0.6) is 0 Å². The number of nitriles is 1. The van der Waals surface area contributed by atoms with Crippen LogP contribution in [0.3, 0.4) is 0 Å². The predicted molar refractivity (Wildman–Crippen MR) is 89.0 cm³/mol. The fourth-order valence-electron chi connectivity index (χ4n) is 2.27. The van der Waals surface area contributed by atoms with E-state index in [0.717, 1.165) is 28.2 Å². The molecule has 3 aromatic rings. The number of esters is 1. The van der Waals surface area contributed by atoms with Gasteiger partial charge in [-0.05, 0) is 34.8 Å². The average molecular weight is 320 g/mol. The van der Waals surface area contributed by atoms with Crippen LogP contribution in [0, 0.1) is 11.3 Å². The third-order valence-electron chi connectivity index (χ3n) is 3.42. The second-order valence-electron chi connectivity index (χ2n) is 4.81. The van der Waals surface area contributed by atoms with Crippen molar-refractivity contribution in [3.8, 4) is 28.5 Å². The Balaban J connectivity index is 2.01. The predicted octanol–water partition coefficient (Wildman–Crippen LogP) is 4.14. The van der Waals surface area contributed by atoms with Gasteiger partial charge in [-0.2, -0.15) is 9.64 Å². The summed E-state index contributed by atoms with van der Waals surface area (Å²) in [4.78, 5) is 12.0. The number of carbonyl (C=O) groups excluding carboxylic acids is 1. The van der Waals surface area contributed by atoms with Crippen molar-refractivity contribution in [3.63, 3.8) is 0 Å². The topological polar surface area (TPSA) is 63.0 Å². The second kappa shape index (κ2) is 6.42. The van der Waals surface area contributed by atoms with Crippen molar-refractivity contribution in [2.75, 3.05) is 7.11 Å². The number of nitrogens with zero attached hydrogens (tertiary/aromatic N) is 2. The number of aromatic nitrogens is 1. The highest BCUT2D eigenvalue weighted by molar-refractivity contribution is 7.08. The van der Waals surface area contributed by atoms with Crippen LogP contribution >= 0.6 is 11.5 Å². The Morgan fingerprint density at radius 1 is 1.13 bits per heavy atom. The third kappa shape index (κ3) is 2.98. The molecular weight excluding hydrogens is 308 g/mol. The van der Waals surface area contributed by atoms with Crippen LogP contribution < -0.4 is 0 Å². The Hall–Kier alpha value is -2.97. The molecule has 0 radical (unpaired) electrons. The molecular formula is C18H12N2O2S. The first-order valence-corrected chi connectivity index (χ1v) is 7.65. The molecule has 1 aromatic heterocycles. The van der Waals surface area contributed by atoms with E-state index in [0.29, 0.717) is 16.1 Å². The number of methoxy groups -OCH3 is 1. The monoisotopic (exact) mass is 320 g/mol. The van der Waals surface area contributed by atoms with Crippen LogP contribution in [0.4, 0.5) is 0 Å². The molecule has 2 aromatic carbocycles. The van der Waals surface area contributed by atoms with Crippen LogP contribution in [0.1, 0.15) is 15.2 Å². The molecule has 112 valence electrons. The molecule has 4 nitrogen and oxygen atoms in total. The van der Waals surface area contributed by atoms with E-state index >= 15 is 0 Å². The lowest BCUT2D eigenvalue weighted by Crippen LogP contribution is -1.96. The van der Waals surface area contributed by atoms with E-state index in [1.807, 2.05) is 42.5 Å². The summed E-state index contributed by atoms with van der Waals surface area (Å²) in [5.74, 6) is -0.407. The second-order valence-corrected chi connectivity index (χ2v) is 5.61. The minimum Gasteiger partial charge on any atom is -0.465 e. The standard InChI is InChI=1S/C18H12N2O2S/c1-22-18(21)17-10-16(20-23-17)13-7-8-15(14(9-13)11-19)12-5-3-2-4-6-12/h2-10H,1H3. The van der Waals surface area contributed by atoms with E-state index in [2.05, 4.69) is 15.2 Å².